The average molecular weight is 573 g/mol. The molecule has 0 aliphatic rings. The maximum absolute atomic E-state index is 10.3. The van der Waals surface area contributed by atoms with E-state index >= 15 is 0 Å². The van der Waals surface area contributed by atoms with Gasteiger partial charge in [-0.25, -0.2) is 0 Å². The molecule has 0 aromatic heterocycles. The molecular weight excluding hydrogens is 535 g/mol. The Labute approximate surface area is 216 Å². The Bertz CT molecular complexity index is 515. The molecule has 0 fully saturated rings. The first-order chi connectivity index (χ1) is 15.0. The normalized spacial score (nSPS) is 10.0. The molecule has 0 saturated carbocycles. The number of rotatable bonds is 12. The Morgan fingerprint density at radius 2 is 0.848 bits per heavy atom. The van der Waals surface area contributed by atoms with E-state index < -0.39 is 23.9 Å². The third-order valence-corrected chi connectivity index (χ3v) is 3.41. The van der Waals surface area contributed by atoms with Crippen molar-refractivity contribution in [3.8, 4) is 0 Å². The van der Waals surface area contributed by atoms with Gasteiger partial charge in [-0.15, -0.1) is 0 Å². The standard InChI is InChI=1S/2C8H12O4.2C4H9.Sn/c2*1-2-3-4-6(8(11)12)5-7(9)10;2*1-3-4-2;/h2*5H,2-4H2,1H3,(H,9,10)(H,11,12);2*1,3-4H2,2H3;/q;;;;+4/p-4/b6-5-;;;;. The van der Waals surface area contributed by atoms with Gasteiger partial charge in [0.05, 0.1) is 23.9 Å². The molecule has 9 heteroatoms. The van der Waals surface area contributed by atoms with E-state index in [0.29, 0.717) is 25.0 Å². The number of carbonyl (C=O) groups excluding carboxylic acids is 4. The molecule has 0 unspecified atom stereocenters. The van der Waals surface area contributed by atoms with Crippen molar-refractivity contribution in [2.24, 2.45) is 0 Å². The minimum Gasteiger partial charge on any atom is -0.545 e. The zero-order chi connectivity index (χ0) is 25.9. The van der Waals surface area contributed by atoms with Crippen LogP contribution in [0.4, 0.5) is 0 Å². The van der Waals surface area contributed by atoms with Crippen molar-refractivity contribution in [2.45, 2.75) is 91.9 Å². The molecule has 0 bridgehead atoms. The third-order valence-electron chi connectivity index (χ3n) is 3.41. The predicted octanol–water partition coefficient (Wildman–Crippen LogP) is 0.0660. The number of carboxylic acid groups (broad SMARTS) is 4. The van der Waals surface area contributed by atoms with Crippen LogP contribution in [0, 0.1) is 13.8 Å². The molecule has 0 rings (SSSR count). The largest absolute Gasteiger partial charge is 4.00 e. The Hall–Kier alpha value is -1.84. The second-order valence-corrected chi connectivity index (χ2v) is 6.47. The summed E-state index contributed by atoms with van der Waals surface area (Å²) >= 11 is 0. The third kappa shape index (κ3) is 41.0. The van der Waals surface area contributed by atoms with Gasteiger partial charge >= 0.3 is 23.9 Å². The van der Waals surface area contributed by atoms with E-state index in [-0.39, 0.29) is 47.9 Å². The van der Waals surface area contributed by atoms with Gasteiger partial charge in [0.25, 0.3) is 0 Å². The van der Waals surface area contributed by atoms with Crippen molar-refractivity contribution in [2.75, 3.05) is 0 Å². The minimum absolute atomic E-state index is 0. The number of carbonyl (C=O) groups is 4. The zero-order valence-electron chi connectivity index (χ0n) is 20.4. The summed E-state index contributed by atoms with van der Waals surface area (Å²) in [5.74, 6) is -5.86. The molecule has 8 nitrogen and oxygen atoms in total. The summed E-state index contributed by atoms with van der Waals surface area (Å²) in [6, 6.07) is 0. The molecule has 0 heterocycles. The van der Waals surface area contributed by atoms with Crippen LogP contribution in [0.2, 0.25) is 0 Å². The molecule has 2 radical (unpaired) electrons. The summed E-state index contributed by atoms with van der Waals surface area (Å²) in [6.07, 6.45) is 9.01. The van der Waals surface area contributed by atoms with Crippen molar-refractivity contribution in [3.63, 3.8) is 0 Å². The van der Waals surface area contributed by atoms with Crippen molar-refractivity contribution < 1.29 is 39.6 Å². The van der Waals surface area contributed by atoms with Gasteiger partial charge in [-0.3, -0.25) is 0 Å². The molecule has 33 heavy (non-hydrogen) atoms. The van der Waals surface area contributed by atoms with Crippen molar-refractivity contribution in [1.82, 2.24) is 0 Å². The molecule has 0 spiro atoms. The maximum atomic E-state index is 10.3. The van der Waals surface area contributed by atoms with Gasteiger partial charge in [0.2, 0.25) is 0 Å². The molecule has 186 valence electrons. The van der Waals surface area contributed by atoms with E-state index in [2.05, 4.69) is 27.7 Å². The second kappa shape index (κ2) is 32.3. The molecule has 0 N–H and O–H groups in total. The van der Waals surface area contributed by atoms with Gasteiger partial charge in [-0.2, -0.15) is 0 Å². The molecule has 0 atom stereocenters. The van der Waals surface area contributed by atoms with Crippen molar-refractivity contribution in [1.29, 1.82) is 0 Å². The summed E-state index contributed by atoms with van der Waals surface area (Å²) in [4.78, 5) is 40.5. The second-order valence-electron chi connectivity index (χ2n) is 6.47. The Kier molecular flexibility index (Phi) is 40.6. The summed E-state index contributed by atoms with van der Waals surface area (Å²) in [7, 11) is 0. The summed E-state index contributed by atoms with van der Waals surface area (Å²) in [5.41, 5.74) is -0.422. The molecule has 0 aliphatic heterocycles. The van der Waals surface area contributed by atoms with Gasteiger partial charge in [0, 0.05) is 0 Å². The van der Waals surface area contributed by atoms with Crippen LogP contribution < -0.4 is 20.4 Å². The molecule has 0 saturated heterocycles. The van der Waals surface area contributed by atoms with E-state index in [1.54, 1.807) is 0 Å². The van der Waals surface area contributed by atoms with Crippen LogP contribution in [0.25, 0.3) is 0 Å². The van der Waals surface area contributed by atoms with Crippen LogP contribution in [0.3, 0.4) is 0 Å². The van der Waals surface area contributed by atoms with Gasteiger partial charge in [0.15, 0.2) is 0 Å². The molecule has 0 aromatic carbocycles. The van der Waals surface area contributed by atoms with Crippen molar-refractivity contribution in [3.05, 3.63) is 37.1 Å². The summed E-state index contributed by atoms with van der Waals surface area (Å²) < 4.78 is 0. The topological polar surface area (TPSA) is 161 Å². The molecule has 0 aliphatic carbocycles. The minimum atomic E-state index is -1.50. The SMILES string of the molecule is CCCC/C(=C/C(=O)[O-])C(=O)[O-].CCCCC(=CC(=O)[O-])C(=O)[O-].[CH2]CCC.[CH2]CCC.[Sn+4]. The fourth-order valence-electron chi connectivity index (χ4n) is 1.49. The van der Waals surface area contributed by atoms with Crippen LogP contribution in [-0.2, 0) is 19.2 Å². The van der Waals surface area contributed by atoms with E-state index in [0.717, 1.165) is 25.7 Å². The van der Waals surface area contributed by atoms with Crippen LogP contribution >= 0.6 is 0 Å². The summed E-state index contributed by atoms with van der Waals surface area (Å²) in [6.45, 7) is 15.2. The number of carboxylic acids is 4. The van der Waals surface area contributed by atoms with Gasteiger partial charge in [-0.05, 0) is 49.0 Å². The first-order valence-electron chi connectivity index (χ1n) is 10.8. The Morgan fingerprint density at radius 3 is 0.970 bits per heavy atom. The molecule has 0 amide bonds. The van der Waals surface area contributed by atoms with E-state index in [9.17, 15) is 39.6 Å². The number of hydrogen-bond donors (Lipinski definition) is 0. The van der Waals surface area contributed by atoms with E-state index in [1.807, 2.05) is 13.8 Å². The van der Waals surface area contributed by atoms with E-state index in [1.165, 1.54) is 12.8 Å². The van der Waals surface area contributed by atoms with Gasteiger partial charge in [0.1, 0.15) is 0 Å². The average Bonchev–Trinajstić information content (AvgIpc) is 2.74. The number of aliphatic carboxylic acids is 4. The smallest absolute Gasteiger partial charge is 0.545 e. The first kappa shape index (κ1) is 41.4. The van der Waals surface area contributed by atoms with Gasteiger partial charge < -0.3 is 39.6 Å². The van der Waals surface area contributed by atoms with Crippen LogP contribution in [-0.4, -0.2) is 47.8 Å². The fraction of sp³-hybridized carbons (Fsp3) is 0.583. The monoisotopic (exact) mass is 574 g/mol. The maximum Gasteiger partial charge on any atom is 4.00 e. The Morgan fingerprint density at radius 1 is 0.606 bits per heavy atom. The molecule has 0 aromatic rings. The van der Waals surface area contributed by atoms with Crippen LogP contribution in [0.5, 0.6) is 0 Å². The van der Waals surface area contributed by atoms with Crippen molar-refractivity contribution >= 4 is 47.8 Å². The summed E-state index contributed by atoms with van der Waals surface area (Å²) in [5, 5.41) is 40.5. The Balaban J connectivity index is -0.000000117. The molecular formula is C24H38O8Sn. The van der Waals surface area contributed by atoms with Crippen LogP contribution in [0.1, 0.15) is 91.9 Å². The quantitative estimate of drug-likeness (QED) is 0.234. The first-order valence-corrected chi connectivity index (χ1v) is 10.8. The van der Waals surface area contributed by atoms with Gasteiger partial charge in [-0.1, -0.05) is 80.1 Å². The zero-order valence-corrected chi connectivity index (χ0v) is 23.3. The number of unbranched alkanes of at least 4 members (excludes halogenated alkanes) is 4. The number of hydrogen-bond acceptors (Lipinski definition) is 8. The predicted molar refractivity (Wildman–Crippen MR) is 122 cm³/mol. The van der Waals surface area contributed by atoms with Crippen LogP contribution in [0.15, 0.2) is 23.3 Å². The fourth-order valence-corrected chi connectivity index (χ4v) is 1.49. The van der Waals surface area contributed by atoms with E-state index in [4.69, 9.17) is 0 Å².